The first-order valence-corrected chi connectivity index (χ1v) is 6.08. The van der Waals surface area contributed by atoms with Crippen molar-refractivity contribution in [2.24, 2.45) is 11.7 Å². The van der Waals surface area contributed by atoms with Crippen LogP contribution < -0.4 is 5.73 Å². The second-order valence-electron chi connectivity index (χ2n) is 4.88. The summed E-state index contributed by atoms with van der Waals surface area (Å²) in [6.45, 7) is 10.8. The van der Waals surface area contributed by atoms with E-state index in [1.807, 2.05) is 0 Å². The Bertz CT molecular complexity index is 217. The highest BCUT2D eigenvalue weighted by Gasteiger charge is 2.28. The van der Waals surface area contributed by atoms with E-state index >= 15 is 0 Å². The van der Waals surface area contributed by atoms with Crippen LogP contribution in [0.2, 0.25) is 0 Å². The topological polar surface area (TPSA) is 66.6 Å². The zero-order valence-corrected chi connectivity index (χ0v) is 11.0. The standard InChI is InChI=1S/C12H26N2O2/c1-5-10(3)9-14(6-2)8-7-12(4,13)11(15)16/h10H,5-9,13H2,1-4H3,(H,15,16). The van der Waals surface area contributed by atoms with Gasteiger partial charge in [0.15, 0.2) is 0 Å². The Hall–Kier alpha value is -0.610. The Morgan fingerprint density at radius 3 is 2.44 bits per heavy atom. The molecule has 0 bridgehead atoms. The second-order valence-corrected chi connectivity index (χ2v) is 4.88. The zero-order chi connectivity index (χ0) is 12.8. The van der Waals surface area contributed by atoms with Crippen LogP contribution in [0.4, 0.5) is 0 Å². The fourth-order valence-corrected chi connectivity index (χ4v) is 1.45. The van der Waals surface area contributed by atoms with Crippen LogP contribution in [-0.4, -0.2) is 41.1 Å². The summed E-state index contributed by atoms with van der Waals surface area (Å²) >= 11 is 0. The fourth-order valence-electron chi connectivity index (χ4n) is 1.45. The molecule has 0 aromatic heterocycles. The van der Waals surface area contributed by atoms with Crippen LogP contribution in [0.15, 0.2) is 0 Å². The molecule has 0 spiro atoms. The molecule has 0 aliphatic rings. The highest BCUT2D eigenvalue weighted by molar-refractivity contribution is 5.77. The summed E-state index contributed by atoms with van der Waals surface area (Å²) < 4.78 is 0. The number of carboxylic acid groups (broad SMARTS) is 1. The van der Waals surface area contributed by atoms with Crippen LogP contribution in [-0.2, 0) is 4.79 Å². The highest BCUT2D eigenvalue weighted by Crippen LogP contribution is 2.10. The normalized spacial score (nSPS) is 17.1. The molecule has 0 aliphatic carbocycles. The van der Waals surface area contributed by atoms with Crippen molar-refractivity contribution in [3.05, 3.63) is 0 Å². The summed E-state index contributed by atoms with van der Waals surface area (Å²) in [6.07, 6.45) is 1.64. The lowest BCUT2D eigenvalue weighted by molar-refractivity contribution is -0.143. The van der Waals surface area contributed by atoms with Crippen molar-refractivity contribution in [3.63, 3.8) is 0 Å². The molecular formula is C12H26N2O2. The van der Waals surface area contributed by atoms with Gasteiger partial charge in [-0.25, -0.2) is 0 Å². The Morgan fingerprint density at radius 2 is 2.06 bits per heavy atom. The van der Waals surface area contributed by atoms with Crippen molar-refractivity contribution >= 4 is 5.97 Å². The number of hydrogen-bond donors (Lipinski definition) is 2. The molecule has 2 atom stereocenters. The molecule has 0 radical (unpaired) electrons. The molecule has 4 heteroatoms. The van der Waals surface area contributed by atoms with Gasteiger partial charge in [-0.05, 0) is 25.8 Å². The lowest BCUT2D eigenvalue weighted by Crippen LogP contribution is -2.47. The van der Waals surface area contributed by atoms with Crippen LogP contribution in [0.1, 0.15) is 40.5 Å². The number of hydrogen-bond acceptors (Lipinski definition) is 3. The summed E-state index contributed by atoms with van der Waals surface area (Å²) in [5.74, 6) is -0.277. The zero-order valence-electron chi connectivity index (χ0n) is 11.0. The summed E-state index contributed by atoms with van der Waals surface area (Å²) in [6, 6.07) is 0. The third-order valence-electron chi connectivity index (χ3n) is 3.15. The van der Waals surface area contributed by atoms with E-state index in [-0.39, 0.29) is 0 Å². The van der Waals surface area contributed by atoms with Gasteiger partial charge in [0.2, 0.25) is 0 Å². The van der Waals surface area contributed by atoms with Gasteiger partial charge in [-0.3, -0.25) is 4.79 Å². The van der Waals surface area contributed by atoms with Crippen molar-refractivity contribution < 1.29 is 9.90 Å². The quantitative estimate of drug-likeness (QED) is 0.664. The predicted octanol–water partition coefficient (Wildman–Crippen LogP) is 1.55. The third-order valence-corrected chi connectivity index (χ3v) is 3.15. The Labute approximate surface area is 98.8 Å². The maximum Gasteiger partial charge on any atom is 0.323 e. The van der Waals surface area contributed by atoms with E-state index in [0.29, 0.717) is 12.3 Å². The Kier molecular flexibility index (Phi) is 6.60. The molecule has 0 amide bonds. The molecule has 0 saturated carbocycles. The molecule has 0 aromatic carbocycles. The number of carbonyl (C=O) groups is 1. The monoisotopic (exact) mass is 230 g/mol. The molecule has 0 aliphatic heterocycles. The number of carboxylic acids is 1. The average Bonchev–Trinajstić information content (AvgIpc) is 2.23. The van der Waals surface area contributed by atoms with Gasteiger partial charge in [-0.2, -0.15) is 0 Å². The van der Waals surface area contributed by atoms with Crippen LogP contribution in [0.5, 0.6) is 0 Å². The van der Waals surface area contributed by atoms with Gasteiger partial charge >= 0.3 is 5.97 Å². The smallest absolute Gasteiger partial charge is 0.323 e. The Balaban J connectivity index is 4.09. The largest absolute Gasteiger partial charge is 0.480 e. The second kappa shape index (κ2) is 6.86. The van der Waals surface area contributed by atoms with Gasteiger partial charge in [0.25, 0.3) is 0 Å². The fraction of sp³-hybridized carbons (Fsp3) is 0.917. The first-order chi connectivity index (χ1) is 7.33. The average molecular weight is 230 g/mol. The molecule has 0 fully saturated rings. The number of rotatable bonds is 8. The van der Waals surface area contributed by atoms with Crippen molar-refractivity contribution in [2.75, 3.05) is 19.6 Å². The van der Waals surface area contributed by atoms with Crippen molar-refractivity contribution in [3.8, 4) is 0 Å². The molecule has 3 N–H and O–H groups in total. The van der Waals surface area contributed by atoms with Crippen molar-refractivity contribution in [1.82, 2.24) is 4.90 Å². The maximum atomic E-state index is 10.9. The minimum atomic E-state index is -1.11. The first-order valence-electron chi connectivity index (χ1n) is 6.08. The number of nitrogens with zero attached hydrogens (tertiary/aromatic N) is 1. The van der Waals surface area contributed by atoms with E-state index in [4.69, 9.17) is 10.8 Å². The highest BCUT2D eigenvalue weighted by atomic mass is 16.4. The van der Waals surface area contributed by atoms with E-state index in [1.165, 1.54) is 0 Å². The molecule has 0 aromatic rings. The maximum absolute atomic E-state index is 10.9. The summed E-state index contributed by atoms with van der Waals surface area (Å²) in [4.78, 5) is 13.1. The molecule has 0 saturated heterocycles. The van der Waals surface area contributed by atoms with E-state index in [9.17, 15) is 4.79 Å². The molecule has 96 valence electrons. The van der Waals surface area contributed by atoms with Gasteiger partial charge in [-0.1, -0.05) is 27.2 Å². The van der Waals surface area contributed by atoms with Gasteiger partial charge in [-0.15, -0.1) is 0 Å². The van der Waals surface area contributed by atoms with E-state index < -0.39 is 11.5 Å². The Morgan fingerprint density at radius 1 is 1.50 bits per heavy atom. The van der Waals surface area contributed by atoms with Crippen LogP contribution >= 0.6 is 0 Å². The van der Waals surface area contributed by atoms with Crippen molar-refractivity contribution in [1.29, 1.82) is 0 Å². The SMILES string of the molecule is CCC(C)CN(CC)CCC(C)(N)C(=O)O. The van der Waals surface area contributed by atoms with Crippen molar-refractivity contribution in [2.45, 2.75) is 46.1 Å². The molecule has 4 nitrogen and oxygen atoms in total. The molecule has 16 heavy (non-hydrogen) atoms. The lowest BCUT2D eigenvalue weighted by atomic mass is 9.99. The van der Waals surface area contributed by atoms with Gasteiger partial charge < -0.3 is 15.7 Å². The van der Waals surface area contributed by atoms with Crippen LogP contribution in [0.25, 0.3) is 0 Å². The predicted molar refractivity (Wildman–Crippen MR) is 66.4 cm³/mol. The molecule has 2 unspecified atom stereocenters. The minimum absolute atomic E-state index is 0.493. The van der Waals surface area contributed by atoms with Gasteiger partial charge in [0.05, 0.1) is 0 Å². The number of nitrogens with two attached hydrogens (primary N) is 1. The van der Waals surface area contributed by atoms with Crippen LogP contribution in [0, 0.1) is 5.92 Å². The molecule has 0 heterocycles. The summed E-state index contributed by atoms with van der Waals surface area (Å²) in [5, 5.41) is 8.91. The molecular weight excluding hydrogens is 204 g/mol. The molecule has 0 rings (SSSR count). The van der Waals surface area contributed by atoms with E-state index in [1.54, 1.807) is 6.92 Å². The third kappa shape index (κ3) is 5.47. The van der Waals surface area contributed by atoms with E-state index in [0.717, 1.165) is 26.1 Å². The summed E-state index contributed by atoms with van der Waals surface area (Å²) in [5.41, 5.74) is 4.59. The van der Waals surface area contributed by atoms with E-state index in [2.05, 4.69) is 25.7 Å². The van der Waals surface area contributed by atoms with Gasteiger partial charge in [0, 0.05) is 13.1 Å². The first kappa shape index (κ1) is 15.4. The summed E-state index contributed by atoms with van der Waals surface area (Å²) in [7, 11) is 0. The van der Waals surface area contributed by atoms with Crippen LogP contribution in [0.3, 0.4) is 0 Å². The van der Waals surface area contributed by atoms with Gasteiger partial charge in [0.1, 0.15) is 5.54 Å². The minimum Gasteiger partial charge on any atom is -0.480 e. The number of aliphatic carboxylic acids is 1. The lowest BCUT2D eigenvalue weighted by Gasteiger charge is -2.27.